The van der Waals surface area contributed by atoms with Crippen molar-refractivity contribution in [1.29, 1.82) is 0 Å². The molecule has 10 rings (SSSR count). The molecule has 3 aromatic heterocycles. The zero-order chi connectivity index (χ0) is 41.7. The Morgan fingerprint density at radius 2 is 0.840 bits per heavy atom. The van der Waals surface area contributed by atoms with Crippen molar-refractivity contribution in [2.24, 2.45) is 0 Å². The maximum Gasteiger partial charge on any atom is 0.235 e. The van der Waals surface area contributed by atoms with Crippen LogP contribution in [0.2, 0.25) is 0 Å². The zero-order valence-corrected chi connectivity index (χ0v) is 26.3. The van der Waals surface area contributed by atoms with E-state index in [0.717, 1.165) is 49.4 Å². The fraction of sp³-hybridized carbons (Fsp3) is 0. The fourth-order valence-electron chi connectivity index (χ4n) is 6.92. The van der Waals surface area contributed by atoms with Gasteiger partial charge >= 0.3 is 0 Å². The standard InChI is InChI=1S/C46H30N4/c1-4-14-31(15-5-1)40-30-41(32-16-6-2-7-17-32)48-46(47-40)50-43-23-13-11-21-37(43)39-29-34(25-27-45(39)50)33-24-26-44-38(28-33)36-20-10-12-22-42(36)49(44)35-18-8-3-9-19-35/h1-30H/i1D,2D,4D,5D,6D,7D,14D,15D,16D,17D. The molecule has 7 aromatic carbocycles. The predicted octanol–water partition coefficient (Wildman–Crippen LogP) is 11.7. The monoisotopic (exact) mass is 648 g/mol. The van der Waals surface area contributed by atoms with E-state index in [-0.39, 0.29) is 28.5 Å². The summed E-state index contributed by atoms with van der Waals surface area (Å²) in [6.45, 7) is 0. The van der Waals surface area contributed by atoms with E-state index < -0.39 is 60.4 Å². The van der Waals surface area contributed by atoms with Gasteiger partial charge in [0.2, 0.25) is 5.95 Å². The summed E-state index contributed by atoms with van der Waals surface area (Å²) in [5, 5.41) is 3.95. The number of aromatic nitrogens is 4. The van der Waals surface area contributed by atoms with Gasteiger partial charge in [-0.2, -0.15) is 0 Å². The number of hydrogen-bond acceptors (Lipinski definition) is 2. The molecule has 0 unspecified atom stereocenters. The quantitative estimate of drug-likeness (QED) is 0.186. The van der Waals surface area contributed by atoms with E-state index in [0.29, 0.717) is 11.0 Å². The van der Waals surface area contributed by atoms with Crippen LogP contribution in [0, 0.1) is 0 Å². The van der Waals surface area contributed by atoms with E-state index >= 15 is 0 Å². The highest BCUT2D eigenvalue weighted by atomic mass is 15.2. The second-order valence-electron chi connectivity index (χ2n) is 11.9. The molecule has 0 atom stereocenters. The normalized spacial score (nSPS) is 14.4. The molecule has 234 valence electrons. The van der Waals surface area contributed by atoms with E-state index in [1.165, 1.54) is 6.07 Å². The molecule has 3 heterocycles. The Labute approximate surface area is 303 Å². The fourth-order valence-corrected chi connectivity index (χ4v) is 6.92. The lowest BCUT2D eigenvalue weighted by Crippen LogP contribution is -2.03. The summed E-state index contributed by atoms with van der Waals surface area (Å²) in [6.07, 6.45) is 0. The van der Waals surface area contributed by atoms with Crippen molar-refractivity contribution in [3.8, 4) is 45.3 Å². The van der Waals surface area contributed by atoms with E-state index in [1.807, 2.05) is 66.7 Å². The van der Waals surface area contributed by atoms with Crippen LogP contribution in [0.4, 0.5) is 0 Å². The van der Waals surface area contributed by atoms with Gasteiger partial charge in [-0.25, -0.2) is 9.97 Å². The molecule has 4 nitrogen and oxygen atoms in total. The summed E-state index contributed by atoms with van der Waals surface area (Å²) in [7, 11) is 0. The molecule has 0 amide bonds. The Bertz CT molecular complexity index is 3300. The second kappa shape index (κ2) is 11.4. The number of hydrogen-bond donors (Lipinski definition) is 0. The van der Waals surface area contributed by atoms with Gasteiger partial charge in [-0.1, -0.05) is 127 Å². The van der Waals surface area contributed by atoms with E-state index in [2.05, 4.69) is 53.1 Å². The van der Waals surface area contributed by atoms with Gasteiger partial charge in [-0.3, -0.25) is 4.57 Å². The number of nitrogens with zero attached hydrogens (tertiary/aromatic N) is 4. The molecule has 0 aliphatic carbocycles. The lowest BCUT2D eigenvalue weighted by molar-refractivity contribution is 0.995. The first-order valence-electron chi connectivity index (χ1n) is 21.1. The molecular formula is C46H30N4. The van der Waals surface area contributed by atoms with Crippen molar-refractivity contribution in [3.05, 3.63) is 182 Å². The van der Waals surface area contributed by atoms with Crippen LogP contribution in [0.3, 0.4) is 0 Å². The molecule has 0 aliphatic rings. The molecule has 0 bridgehead atoms. The summed E-state index contributed by atoms with van der Waals surface area (Å²) < 4.78 is 89.1. The first-order valence-corrected chi connectivity index (χ1v) is 16.1. The molecule has 0 spiro atoms. The molecule has 10 aromatic rings. The van der Waals surface area contributed by atoms with E-state index in [4.69, 9.17) is 23.7 Å². The highest BCUT2D eigenvalue weighted by molar-refractivity contribution is 6.12. The van der Waals surface area contributed by atoms with Crippen LogP contribution >= 0.6 is 0 Å². The van der Waals surface area contributed by atoms with Crippen molar-refractivity contribution in [3.63, 3.8) is 0 Å². The SMILES string of the molecule is [2H]c1c([2H])c([2H])c(-c2cc(-c3c([2H])c([2H])c([2H])c([2H])c3[2H])nc(-n3c4ccccc4c4cc(-c5ccc6c(c5)c5ccccc5n6-c5ccccc5)ccc43)n2)c([2H])c1[2H]. The molecular weight excluding hydrogens is 609 g/mol. The van der Waals surface area contributed by atoms with Crippen molar-refractivity contribution >= 4 is 43.6 Å². The van der Waals surface area contributed by atoms with Crippen molar-refractivity contribution in [1.82, 2.24) is 19.1 Å². The molecule has 0 saturated carbocycles. The summed E-state index contributed by atoms with van der Waals surface area (Å²) in [5.74, 6) is 0.00946. The molecule has 0 aliphatic heterocycles. The first kappa shape index (κ1) is 19.9. The summed E-state index contributed by atoms with van der Waals surface area (Å²) >= 11 is 0. The minimum atomic E-state index is -0.576. The van der Waals surface area contributed by atoms with Crippen molar-refractivity contribution < 1.29 is 13.7 Å². The van der Waals surface area contributed by atoms with Gasteiger partial charge in [0.05, 0.1) is 47.2 Å². The van der Waals surface area contributed by atoms with Gasteiger partial charge in [0.1, 0.15) is 0 Å². The Morgan fingerprint density at radius 1 is 0.380 bits per heavy atom. The number of rotatable bonds is 5. The van der Waals surface area contributed by atoms with Gasteiger partial charge < -0.3 is 4.57 Å². The van der Waals surface area contributed by atoms with Crippen LogP contribution < -0.4 is 0 Å². The average molecular weight is 649 g/mol. The maximum atomic E-state index is 8.78. The minimum absolute atomic E-state index is 0.00946. The minimum Gasteiger partial charge on any atom is -0.309 e. The molecule has 50 heavy (non-hydrogen) atoms. The van der Waals surface area contributed by atoms with Crippen LogP contribution in [0.1, 0.15) is 13.7 Å². The molecule has 0 fully saturated rings. The van der Waals surface area contributed by atoms with Gasteiger partial charge in [0, 0.05) is 38.4 Å². The van der Waals surface area contributed by atoms with Gasteiger partial charge in [0.15, 0.2) is 0 Å². The third-order valence-corrected chi connectivity index (χ3v) is 9.12. The Morgan fingerprint density at radius 3 is 1.40 bits per heavy atom. The summed E-state index contributed by atoms with van der Waals surface area (Å²) in [5.41, 5.74) is 5.99. The van der Waals surface area contributed by atoms with E-state index in [1.54, 1.807) is 4.57 Å². The van der Waals surface area contributed by atoms with Gasteiger partial charge in [-0.15, -0.1) is 0 Å². The lowest BCUT2D eigenvalue weighted by Gasteiger charge is -2.12. The molecule has 0 saturated heterocycles. The maximum absolute atomic E-state index is 8.78. The van der Waals surface area contributed by atoms with Crippen LogP contribution in [0.5, 0.6) is 0 Å². The van der Waals surface area contributed by atoms with Crippen LogP contribution in [0.25, 0.3) is 88.9 Å². The van der Waals surface area contributed by atoms with Crippen LogP contribution in [-0.2, 0) is 0 Å². The Hall–Kier alpha value is -6.78. The third kappa shape index (κ3) is 4.54. The molecule has 0 N–H and O–H groups in total. The number of benzene rings is 7. The summed E-state index contributed by atoms with van der Waals surface area (Å²) in [6, 6.07) is 34.6. The van der Waals surface area contributed by atoms with Gasteiger partial charge in [-0.05, 0) is 65.7 Å². The summed E-state index contributed by atoms with van der Waals surface area (Å²) in [4.78, 5) is 9.65. The highest BCUT2D eigenvalue weighted by Gasteiger charge is 2.18. The Kier molecular flexibility index (Phi) is 4.55. The first-order chi connectivity index (χ1) is 28.9. The van der Waals surface area contributed by atoms with Crippen LogP contribution in [0.15, 0.2) is 182 Å². The molecule has 4 heteroatoms. The lowest BCUT2D eigenvalue weighted by atomic mass is 10.0. The largest absolute Gasteiger partial charge is 0.309 e. The topological polar surface area (TPSA) is 35.6 Å². The smallest absolute Gasteiger partial charge is 0.235 e. The van der Waals surface area contributed by atoms with Crippen molar-refractivity contribution in [2.75, 3.05) is 0 Å². The van der Waals surface area contributed by atoms with Crippen molar-refractivity contribution in [2.45, 2.75) is 0 Å². The third-order valence-electron chi connectivity index (χ3n) is 9.12. The predicted molar refractivity (Wildman–Crippen MR) is 207 cm³/mol. The number of fused-ring (bicyclic) bond motifs is 6. The van der Waals surface area contributed by atoms with Gasteiger partial charge in [0.25, 0.3) is 0 Å². The highest BCUT2D eigenvalue weighted by Crippen LogP contribution is 2.38. The average Bonchev–Trinajstić information content (AvgIpc) is 3.79. The van der Waals surface area contributed by atoms with E-state index in [9.17, 15) is 0 Å². The number of para-hydroxylation sites is 3. The Balaban J connectivity index is 1.22. The second-order valence-corrected chi connectivity index (χ2v) is 11.9. The zero-order valence-electron chi connectivity index (χ0n) is 36.3. The van der Waals surface area contributed by atoms with Crippen LogP contribution in [-0.4, -0.2) is 19.1 Å². The molecule has 0 radical (unpaired) electrons.